The van der Waals surface area contributed by atoms with E-state index >= 15 is 0 Å². The van der Waals surface area contributed by atoms with Crippen LogP contribution in [0.25, 0.3) is 11.0 Å². The van der Waals surface area contributed by atoms with Crippen molar-refractivity contribution in [3.05, 3.63) is 86.2 Å². The van der Waals surface area contributed by atoms with E-state index in [1.54, 1.807) is 29.2 Å². The van der Waals surface area contributed by atoms with Crippen LogP contribution in [0.15, 0.2) is 57.7 Å². The molecule has 6 nitrogen and oxygen atoms in total. The van der Waals surface area contributed by atoms with Gasteiger partial charge in [0, 0.05) is 4.88 Å². The summed E-state index contributed by atoms with van der Waals surface area (Å²) >= 11 is 1.43. The number of anilines is 1. The summed E-state index contributed by atoms with van der Waals surface area (Å²) in [6.07, 6.45) is 1.99. The van der Waals surface area contributed by atoms with Crippen molar-refractivity contribution in [1.29, 1.82) is 0 Å². The van der Waals surface area contributed by atoms with Crippen LogP contribution < -0.4 is 15.1 Å². The van der Waals surface area contributed by atoms with Crippen molar-refractivity contribution in [2.45, 2.75) is 39.7 Å². The second kappa shape index (κ2) is 8.48. The fraction of sp³-hybridized carbons (Fsp3) is 0.269. The first-order valence-electron chi connectivity index (χ1n) is 11.1. The molecule has 1 aliphatic rings. The zero-order valence-electron chi connectivity index (χ0n) is 18.8. The summed E-state index contributed by atoms with van der Waals surface area (Å²) in [6, 6.07) is 14.0. The topological polar surface area (TPSA) is 72.6 Å². The lowest BCUT2D eigenvalue weighted by molar-refractivity contribution is 0.0971. The molecule has 1 aliphatic heterocycles. The lowest BCUT2D eigenvalue weighted by atomic mass is 9.98. The Morgan fingerprint density at radius 3 is 2.70 bits per heavy atom. The number of benzene rings is 2. The molecule has 1 amide bonds. The maximum atomic E-state index is 13.6. The van der Waals surface area contributed by atoms with Crippen molar-refractivity contribution in [3.8, 4) is 5.75 Å². The Balaban J connectivity index is 1.71. The molecule has 0 N–H and O–H groups in total. The van der Waals surface area contributed by atoms with Crippen LogP contribution in [0.1, 0.15) is 58.1 Å². The fourth-order valence-electron chi connectivity index (χ4n) is 4.10. The van der Waals surface area contributed by atoms with Gasteiger partial charge >= 0.3 is 0 Å². The number of aromatic nitrogens is 1. The first-order chi connectivity index (χ1) is 16.0. The molecule has 0 radical (unpaired) electrons. The summed E-state index contributed by atoms with van der Waals surface area (Å²) < 4.78 is 11.9. The lowest BCUT2D eigenvalue weighted by Gasteiger charge is -2.23. The lowest BCUT2D eigenvalue weighted by Crippen LogP contribution is -2.29. The number of thiazole rings is 1. The van der Waals surface area contributed by atoms with Crippen LogP contribution in [0.5, 0.6) is 5.75 Å². The van der Waals surface area contributed by atoms with Gasteiger partial charge in [0.2, 0.25) is 5.76 Å². The molecular weight excluding hydrogens is 436 g/mol. The number of nitrogens with zero attached hydrogens (tertiary/aromatic N) is 2. The third-order valence-corrected chi connectivity index (χ3v) is 7.01. The van der Waals surface area contributed by atoms with Gasteiger partial charge in [0.15, 0.2) is 10.6 Å². The minimum Gasteiger partial charge on any atom is -0.494 e. The van der Waals surface area contributed by atoms with Crippen LogP contribution in [-0.2, 0) is 0 Å². The summed E-state index contributed by atoms with van der Waals surface area (Å²) in [7, 11) is 0. The molecule has 2 aromatic heterocycles. The monoisotopic (exact) mass is 460 g/mol. The number of unbranched alkanes of at least 4 members (excludes halogenated alkanes) is 1. The number of carbonyl (C=O) groups excluding carboxylic acids is 1. The number of hydrogen-bond acceptors (Lipinski definition) is 6. The van der Waals surface area contributed by atoms with Gasteiger partial charge in [0.1, 0.15) is 11.3 Å². The third kappa shape index (κ3) is 3.62. The Morgan fingerprint density at radius 1 is 1.12 bits per heavy atom. The van der Waals surface area contributed by atoms with Crippen molar-refractivity contribution in [2.75, 3.05) is 11.5 Å². The Labute approximate surface area is 195 Å². The molecule has 0 bridgehead atoms. The molecule has 5 rings (SSSR count). The average Bonchev–Trinajstić information content (AvgIpc) is 3.30. The minimum atomic E-state index is -0.645. The number of amides is 1. The van der Waals surface area contributed by atoms with Crippen molar-refractivity contribution in [3.63, 3.8) is 0 Å². The van der Waals surface area contributed by atoms with Crippen molar-refractivity contribution in [2.24, 2.45) is 0 Å². The van der Waals surface area contributed by atoms with E-state index in [1.165, 1.54) is 11.3 Å². The van der Waals surface area contributed by atoms with E-state index in [0.29, 0.717) is 34.0 Å². The molecule has 0 fully saturated rings. The molecule has 0 unspecified atom stereocenters. The number of rotatable bonds is 6. The highest BCUT2D eigenvalue weighted by Crippen LogP contribution is 2.43. The number of para-hydroxylation sites is 1. The molecule has 4 aromatic rings. The highest BCUT2D eigenvalue weighted by molar-refractivity contribution is 7.15. The minimum absolute atomic E-state index is 0.0755. The number of hydrogen-bond donors (Lipinski definition) is 0. The highest BCUT2D eigenvalue weighted by Gasteiger charge is 2.45. The van der Waals surface area contributed by atoms with Crippen molar-refractivity contribution >= 4 is 33.3 Å². The van der Waals surface area contributed by atoms with Crippen LogP contribution in [0, 0.1) is 13.8 Å². The van der Waals surface area contributed by atoms with Crippen LogP contribution in [0.4, 0.5) is 5.13 Å². The Kier molecular flexibility index (Phi) is 5.50. The Hall–Kier alpha value is -3.45. The standard InChI is InChI=1S/C26H24N2O4S/c1-4-5-13-31-18-10-8-9-17(14-18)22-21-23(29)19-11-6-7-12-20(19)32-24(21)25(30)28(22)26-27-15(2)16(3)33-26/h6-12,14,22H,4-5,13H2,1-3H3/t22-/m1/s1. The first-order valence-corrected chi connectivity index (χ1v) is 11.9. The van der Waals surface area contributed by atoms with Crippen molar-refractivity contribution in [1.82, 2.24) is 4.98 Å². The van der Waals surface area contributed by atoms with E-state index in [0.717, 1.165) is 29.0 Å². The maximum absolute atomic E-state index is 13.6. The van der Waals surface area contributed by atoms with E-state index in [1.807, 2.05) is 38.1 Å². The zero-order valence-corrected chi connectivity index (χ0v) is 19.6. The predicted molar refractivity (Wildman–Crippen MR) is 130 cm³/mol. The van der Waals surface area contributed by atoms with E-state index in [9.17, 15) is 9.59 Å². The molecule has 7 heteroatoms. The van der Waals surface area contributed by atoms with Gasteiger partial charge in [-0.2, -0.15) is 0 Å². The molecule has 0 saturated heterocycles. The summed E-state index contributed by atoms with van der Waals surface area (Å²) in [4.78, 5) is 34.5. The predicted octanol–water partition coefficient (Wildman–Crippen LogP) is 5.80. The van der Waals surface area contributed by atoms with Crippen molar-refractivity contribution < 1.29 is 13.9 Å². The van der Waals surface area contributed by atoms with Gasteiger partial charge in [-0.05, 0) is 50.1 Å². The molecule has 3 heterocycles. The van der Waals surface area contributed by atoms with Gasteiger partial charge in [-0.3, -0.25) is 14.5 Å². The maximum Gasteiger partial charge on any atom is 0.297 e. The summed E-state index contributed by atoms with van der Waals surface area (Å²) in [5.41, 5.74) is 2.19. The van der Waals surface area contributed by atoms with Gasteiger partial charge in [-0.1, -0.05) is 37.6 Å². The first kappa shape index (κ1) is 21.4. The Bertz CT molecular complexity index is 1400. The fourth-order valence-corrected chi connectivity index (χ4v) is 5.04. The summed E-state index contributed by atoms with van der Waals surface area (Å²) in [6.45, 7) is 6.61. The van der Waals surface area contributed by atoms with Gasteiger partial charge in [-0.15, -0.1) is 11.3 Å². The molecule has 2 aromatic carbocycles. The van der Waals surface area contributed by atoms with Crippen LogP contribution >= 0.6 is 11.3 Å². The zero-order chi connectivity index (χ0) is 23.1. The molecular formula is C26H24N2O4S. The normalized spacial score (nSPS) is 15.3. The third-order valence-electron chi connectivity index (χ3n) is 5.94. The van der Waals surface area contributed by atoms with E-state index in [4.69, 9.17) is 9.15 Å². The summed E-state index contributed by atoms with van der Waals surface area (Å²) in [5.74, 6) is 0.425. The molecule has 33 heavy (non-hydrogen) atoms. The smallest absolute Gasteiger partial charge is 0.297 e. The highest BCUT2D eigenvalue weighted by atomic mass is 32.1. The van der Waals surface area contributed by atoms with Gasteiger partial charge in [0.05, 0.1) is 29.3 Å². The molecule has 0 saturated carbocycles. The number of ether oxygens (including phenoxy) is 1. The van der Waals surface area contributed by atoms with Gasteiger partial charge in [0.25, 0.3) is 5.91 Å². The summed E-state index contributed by atoms with van der Waals surface area (Å²) in [5, 5.41) is 1.00. The second-order valence-corrected chi connectivity index (χ2v) is 9.34. The largest absolute Gasteiger partial charge is 0.494 e. The van der Waals surface area contributed by atoms with E-state index in [2.05, 4.69) is 11.9 Å². The van der Waals surface area contributed by atoms with E-state index < -0.39 is 6.04 Å². The SMILES string of the molecule is CCCCOc1cccc([C@@H]2c3c(oc4ccccc4c3=O)C(=O)N2c2nc(C)c(C)s2)c1. The van der Waals surface area contributed by atoms with E-state index in [-0.39, 0.29) is 17.1 Å². The molecule has 168 valence electrons. The number of aryl methyl sites for hydroxylation is 2. The van der Waals surface area contributed by atoms with Gasteiger partial charge in [-0.25, -0.2) is 4.98 Å². The molecule has 0 aliphatic carbocycles. The van der Waals surface area contributed by atoms with Crippen LogP contribution in [0.3, 0.4) is 0 Å². The number of fused-ring (bicyclic) bond motifs is 2. The van der Waals surface area contributed by atoms with Crippen LogP contribution in [-0.4, -0.2) is 17.5 Å². The van der Waals surface area contributed by atoms with Crippen LogP contribution in [0.2, 0.25) is 0 Å². The quantitative estimate of drug-likeness (QED) is 0.340. The van der Waals surface area contributed by atoms with Gasteiger partial charge < -0.3 is 9.15 Å². The molecule has 0 spiro atoms. The average molecular weight is 461 g/mol. The molecule has 1 atom stereocenters. The second-order valence-electron chi connectivity index (χ2n) is 8.16. The number of carbonyl (C=O) groups is 1. The Morgan fingerprint density at radius 2 is 1.94 bits per heavy atom.